The largest absolute Gasteiger partial charge is 0.496 e. The second-order valence-electron chi connectivity index (χ2n) is 4.66. The Bertz CT molecular complexity index is 645. The van der Waals surface area contributed by atoms with Crippen LogP contribution < -0.4 is 10.1 Å². The first-order valence-electron chi connectivity index (χ1n) is 6.85. The maximum Gasteiger partial charge on any atom is 0.255 e. The number of ether oxygens (including phenoxy) is 2. The van der Waals surface area contributed by atoms with E-state index >= 15 is 0 Å². The van der Waals surface area contributed by atoms with Gasteiger partial charge in [0, 0.05) is 24.2 Å². The van der Waals surface area contributed by atoms with Crippen molar-refractivity contribution in [1.82, 2.24) is 5.32 Å². The molecule has 0 aliphatic heterocycles. The Hall–Kier alpha value is -2.04. The molecular weight excluding hydrogens is 302 g/mol. The van der Waals surface area contributed by atoms with Crippen molar-refractivity contribution in [3.05, 3.63) is 64.7 Å². The molecule has 0 spiro atoms. The van der Waals surface area contributed by atoms with Gasteiger partial charge in [0.05, 0.1) is 12.7 Å². The highest BCUT2D eigenvalue weighted by Gasteiger charge is 2.17. The van der Waals surface area contributed by atoms with E-state index in [1.165, 1.54) is 7.11 Å². The first-order chi connectivity index (χ1) is 10.7. The van der Waals surface area contributed by atoms with Crippen molar-refractivity contribution >= 4 is 17.5 Å². The van der Waals surface area contributed by atoms with E-state index in [1.54, 1.807) is 31.4 Å². The molecule has 0 fully saturated rings. The molecule has 0 aliphatic carbocycles. The van der Waals surface area contributed by atoms with Crippen LogP contribution in [0.25, 0.3) is 0 Å². The highest BCUT2D eigenvalue weighted by atomic mass is 35.5. The highest BCUT2D eigenvalue weighted by Crippen LogP contribution is 2.24. The fourth-order valence-corrected chi connectivity index (χ4v) is 2.43. The van der Waals surface area contributed by atoms with Crippen LogP contribution in [0.5, 0.6) is 5.75 Å². The lowest BCUT2D eigenvalue weighted by molar-refractivity contribution is 0.0826. The van der Waals surface area contributed by atoms with E-state index in [4.69, 9.17) is 21.1 Å². The number of methoxy groups -OCH3 is 2. The smallest absolute Gasteiger partial charge is 0.255 e. The summed E-state index contributed by atoms with van der Waals surface area (Å²) < 4.78 is 10.6. The van der Waals surface area contributed by atoms with Crippen molar-refractivity contribution in [2.24, 2.45) is 0 Å². The van der Waals surface area contributed by atoms with Gasteiger partial charge in [0.15, 0.2) is 0 Å². The van der Waals surface area contributed by atoms with E-state index in [0.29, 0.717) is 22.9 Å². The van der Waals surface area contributed by atoms with E-state index in [1.807, 2.05) is 24.3 Å². The van der Waals surface area contributed by atoms with Gasteiger partial charge in [-0.3, -0.25) is 4.79 Å². The molecule has 1 unspecified atom stereocenters. The Morgan fingerprint density at radius 3 is 2.50 bits per heavy atom. The number of para-hydroxylation sites is 1. The maximum absolute atomic E-state index is 12.3. The van der Waals surface area contributed by atoms with Gasteiger partial charge < -0.3 is 14.8 Å². The van der Waals surface area contributed by atoms with Crippen LogP contribution in [0.15, 0.2) is 48.5 Å². The maximum atomic E-state index is 12.3. The molecule has 1 N–H and O–H groups in total. The first kappa shape index (κ1) is 16.3. The molecule has 5 heteroatoms. The third-order valence-electron chi connectivity index (χ3n) is 3.34. The zero-order valence-corrected chi connectivity index (χ0v) is 13.3. The molecule has 2 rings (SSSR count). The van der Waals surface area contributed by atoms with Crippen LogP contribution in [-0.4, -0.2) is 26.7 Å². The van der Waals surface area contributed by atoms with E-state index in [0.717, 1.165) is 5.56 Å². The summed E-state index contributed by atoms with van der Waals surface area (Å²) in [6.45, 7) is 0.317. The lowest BCUT2D eigenvalue weighted by Gasteiger charge is -2.18. The molecule has 0 heterocycles. The Morgan fingerprint density at radius 2 is 1.82 bits per heavy atom. The van der Waals surface area contributed by atoms with E-state index < -0.39 is 0 Å². The quantitative estimate of drug-likeness (QED) is 0.887. The van der Waals surface area contributed by atoms with Gasteiger partial charge in [0.25, 0.3) is 5.91 Å². The molecule has 22 heavy (non-hydrogen) atoms. The number of hydrogen-bond acceptors (Lipinski definition) is 3. The molecule has 0 aromatic heterocycles. The van der Waals surface area contributed by atoms with Crippen LogP contribution >= 0.6 is 11.6 Å². The van der Waals surface area contributed by atoms with Crippen LogP contribution in [0.2, 0.25) is 5.02 Å². The fraction of sp³-hybridized carbons (Fsp3) is 0.235. The fourth-order valence-electron chi connectivity index (χ4n) is 2.17. The SMILES string of the molecule is COc1ccccc1C(=O)NCC(OC)c1ccccc1Cl. The summed E-state index contributed by atoms with van der Waals surface area (Å²) in [6, 6.07) is 14.5. The van der Waals surface area contributed by atoms with Crippen LogP contribution in [0.4, 0.5) is 0 Å². The topological polar surface area (TPSA) is 47.6 Å². The lowest BCUT2D eigenvalue weighted by Crippen LogP contribution is -2.29. The summed E-state index contributed by atoms with van der Waals surface area (Å²) >= 11 is 6.17. The third kappa shape index (κ3) is 3.78. The van der Waals surface area contributed by atoms with Gasteiger partial charge in [0.1, 0.15) is 11.9 Å². The first-order valence-corrected chi connectivity index (χ1v) is 7.23. The number of hydrogen-bond donors (Lipinski definition) is 1. The van der Waals surface area contributed by atoms with Gasteiger partial charge in [-0.15, -0.1) is 0 Å². The normalized spacial score (nSPS) is 11.8. The van der Waals surface area contributed by atoms with Gasteiger partial charge in [-0.05, 0) is 18.2 Å². The second-order valence-corrected chi connectivity index (χ2v) is 5.06. The number of carbonyl (C=O) groups excluding carboxylic acids is 1. The number of rotatable bonds is 6. The number of nitrogens with one attached hydrogen (secondary N) is 1. The summed E-state index contributed by atoms with van der Waals surface area (Å²) in [5.74, 6) is 0.318. The molecule has 0 saturated heterocycles. The van der Waals surface area contributed by atoms with Crippen LogP contribution in [-0.2, 0) is 4.74 Å². The Labute approximate surface area is 135 Å². The summed E-state index contributed by atoms with van der Waals surface area (Å²) in [4.78, 5) is 12.3. The summed E-state index contributed by atoms with van der Waals surface area (Å²) in [6.07, 6.45) is -0.313. The lowest BCUT2D eigenvalue weighted by atomic mass is 10.1. The number of carbonyl (C=O) groups is 1. The Kier molecular flexibility index (Phi) is 5.81. The molecule has 116 valence electrons. The van der Waals surface area contributed by atoms with Gasteiger partial charge in [-0.1, -0.05) is 41.9 Å². The van der Waals surface area contributed by atoms with Gasteiger partial charge in [-0.25, -0.2) is 0 Å². The molecule has 4 nitrogen and oxygen atoms in total. The number of amides is 1. The molecule has 0 aliphatic rings. The minimum absolute atomic E-state index is 0.216. The molecule has 0 saturated carbocycles. The molecule has 2 aromatic rings. The Morgan fingerprint density at radius 1 is 1.14 bits per heavy atom. The number of halogens is 1. The van der Waals surface area contributed by atoms with Gasteiger partial charge in [0.2, 0.25) is 0 Å². The standard InChI is InChI=1S/C17H18ClNO3/c1-21-15-10-6-4-8-13(15)17(20)19-11-16(22-2)12-7-3-5-9-14(12)18/h3-10,16H,11H2,1-2H3,(H,19,20). The highest BCUT2D eigenvalue weighted by molar-refractivity contribution is 6.31. The van der Waals surface area contributed by atoms with Crippen molar-refractivity contribution < 1.29 is 14.3 Å². The van der Waals surface area contributed by atoms with Crippen molar-refractivity contribution in [2.45, 2.75) is 6.10 Å². The van der Waals surface area contributed by atoms with Crippen molar-refractivity contribution in [2.75, 3.05) is 20.8 Å². The summed E-state index contributed by atoms with van der Waals surface area (Å²) in [7, 11) is 3.12. The molecule has 1 atom stereocenters. The van der Waals surface area contributed by atoms with Crippen molar-refractivity contribution in [3.63, 3.8) is 0 Å². The van der Waals surface area contributed by atoms with Gasteiger partial charge in [-0.2, -0.15) is 0 Å². The predicted molar refractivity (Wildman–Crippen MR) is 86.5 cm³/mol. The number of benzene rings is 2. The average Bonchev–Trinajstić information content (AvgIpc) is 2.56. The molecule has 0 radical (unpaired) electrons. The average molecular weight is 320 g/mol. The summed E-state index contributed by atoms with van der Waals surface area (Å²) in [5.41, 5.74) is 1.33. The van der Waals surface area contributed by atoms with Crippen LogP contribution in [0.1, 0.15) is 22.0 Å². The molecule has 2 aromatic carbocycles. The predicted octanol–water partition coefficient (Wildman–Crippen LogP) is 3.47. The minimum atomic E-state index is -0.313. The molecular formula is C17H18ClNO3. The van der Waals surface area contributed by atoms with Crippen molar-refractivity contribution in [3.8, 4) is 5.75 Å². The molecule has 1 amide bonds. The Balaban J connectivity index is 2.08. The summed E-state index contributed by atoms with van der Waals surface area (Å²) in [5, 5.41) is 3.46. The van der Waals surface area contributed by atoms with E-state index in [-0.39, 0.29) is 12.0 Å². The van der Waals surface area contributed by atoms with Crippen LogP contribution in [0, 0.1) is 0 Å². The van der Waals surface area contributed by atoms with Gasteiger partial charge >= 0.3 is 0 Å². The zero-order valence-electron chi connectivity index (χ0n) is 12.5. The second kappa shape index (κ2) is 7.82. The van der Waals surface area contributed by atoms with E-state index in [2.05, 4.69) is 5.32 Å². The minimum Gasteiger partial charge on any atom is -0.496 e. The van der Waals surface area contributed by atoms with Crippen LogP contribution in [0.3, 0.4) is 0 Å². The van der Waals surface area contributed by atoms with Crippen molar-refractivity contribution in [1.29, 1.82) is 0 Å². The monoisotopic (exact) mass is 319 g/mol. The zero-order chi connectivity index (χ0) is 15.9. The third-order valence-corrected chi connectivity index (χ3v) is 3.68. The van der Waals surface area contributed by atoms with E-state index in [9.17, 15) is 4.79 Å². The molecule has 0 bridgehead atoms.